The highest BCUT2D eigenvalue weighted by molar-refractivity contribution is 4.68. The molecule has 0 aromatic rings. The minimum Gasteiger partial charge on any atom is -0.371 e. The Balaban J connectivity index is 2.09. The number of hydrogen-bond acceptors (Lipinski definition) is 4. The zero-order chi connectivity index (χ0) is 8.32. The third kappa shape index (κ3) is 3.67. The summed E-state index contributed by atoms with van der Waals surface area (Å²) in [6, 6.07) is 0. The van der Waals surface area contributed by atoms with E-state index in [2.05, 4.69) is 0 Å². The molecule has 0 saturated carbocycles. The fourth-order valence-corrected chi connectivity index (χ4v) is 0.789. The molecule has 0 spiro atoms. The van der Waals surface area contributed by atoms with Crippen LogP contribution in [0.3, 0.4) is 0 Å². The van der Waals surface area contributed by atoms with Crippen LogP contribution >= 0.6 is 0 Å². The molecule has 0 aromatic heterocycles. The molecular formula is C7H14O4. The minimum atomic E-state index is -1.96. The Labute approximate surface area is 65.7 Å². The lowest BCUT2D eigenvalue weighted by Gasteiger charge is -2.20. The highest BCUT2D eigenvalue weighted by atomic mass is 16.8. The second kappa shape index (κ2) is 3.49. The van der Waals surface area contributed by atoms with Crippen molar-refractivity contribution in [3.63, 3.8) is 0 Å². The maximum absolute atomic E-state index is 9.07. The third-order valence-electron chi connectivity index (χ3n) is 1.48. The Morgan fingerprint density at radius 2 is 2.27 bits per heavy atom. The standard InChI is InChI=1S/C7H14O4/c1-2-3-7(8,9)11-5-6-4-10-6/h6,8-9H,2-5H2,1H3. The highest BCUT2D eigenvalue weighted by Gasteiger charge is 2.29. The van der Waals surface area contributed by atoms with Crippen molar-refractivity contribution < 1.29 is 19.7 Å². The summed E-state index contributed by atoms with van der Waals surface area (Å²) in [5.74, 6) is -1.96. The molecular weight excluding hydrogens is 148 g/mol. The van der Waals surface area contributed by atoms with E-state index in [1.807, 2.05) is 6.92 Å². The number of ether oxygens (including phenoxy) is 2. The van der Waals surface area contributed by atoms with Crippen LogP contribution < -0.4 is 0 Å². The van der Waals surface area contributed by atoms with Crippen LogP contribution in [0.2, 0.25) is 0 Å². The molecule has 66 valence electrons. The molecule has 0 aromatic carbocycles. The number of hydrogen-bond donors (Lipinski definition) is 2. The Morgan fingerprint density at radius 3 is 2.73 bits per heavy atom. The fourth-order valence-electron chi connectivity index (χ4n) is 0.789. The van der Waals surface area contributed by atoms with Gasteiger partial charge in [-0.1, -0.05) is 6.92 Å². The van der Waals surface area contributed by atoms with Gasteiger partial charge in [0.15, 0.2) is 0 Å². The zero-order valence-corrected chi connectivity index (χ0v) is 6.62. The smallest absolute Gasteiger partial charge is 0.277 e. The summed E-state index contributed by atoms with van der Waals surface area (Å²) < 4.78 is 9.61. The normalized spacial score (nSPS) is 23.7. The van der Waals surface area contributed by atoms with E-state index in [0.717, 1.165) is 0 Å². The van der Waals surface area contributed by atoms with E-state index in [1.165, 1.54) is 0 Å². The van der Waals surface area contributed by atoms with Crippen molar-refractivity contribution in [1.29, 1.82) is 0 Å². The van der Waals surface area contributed by atoms with E-state index < -0.39 is 5.97 Å². The summed E-state index contributed by atoms with van der Waals surface area (Å²) in [7, 11) is 0. The largest absolute Gasteiger partial charge is 0.371 e. The molecule has 1 heterocycles. The first kappa shape index (κ1) is 8.93. The molecule has 0 radical (unpaired) electrons. The highest BCUT2D eigenvalue weighted by Crippen LogP contribution is 2.15. The van der Waals surface area contributed by atoms with Crippen molar-refractivity contribution in [2.45, 2.75) is 31.8 Å². The van der Waals surface area contributed by atoms with Gasteiger partial charge >= 0.3 is 0 Å². The molecule has 1 fully saturated rings. The monoisotopic (exact) mass is 162 g/mol. The lowest BCUT2D eigenvalue weighted by molar-refractivity contribution is -0.341. The maximum atomic E-state index is 9.07. The summed E-state index contributed by atoms with van der Waals surface area (Å²) in [4.78, 5) is 0. The molecule has 2 N–H and O–H groups in total. The molecule has 0 bridgehead atoms. The molecule has 0 aliphatic carbocycles. The van der Waals surface area contributed by atoms with Crippen LogP contribution in [0.25, 0.3) is 0 Å². The van der Waals surface area contributed by atoms with Gasteiger partial charge in [-0.25, -0.2) is 0 Å². The first-order chi connectivity index (χ1) is 5.14. The van der Waals surface area contributed by atoms with Crippen LogP contribution in [0.5, 0.6) is 0 Å². The summed E-state index contributed by atoms with van der Waals surface area (Å²) >= 11 is 0. The van der Waals surface area contributed by atoms with Crippen molar-refractivity contribution in [2.75, 3.05) is 13.2 Å². The van der Waals surface area contributed by atoms with Crippen molar-refractivity contribution in [3.05, 3.63) is 0 Å². The van der Waals surface area contributed by atoms with Crippen molar-refractivity contribution in [2.24, 2.45) is 0 Å². The van der Waals surface area contributed by atoms with Crippen LogP contribution in [0.1, 0.15) is 19.8 Å². The first-order valence-electron chi connectivity index (χ1n) is 3.84. The topological polar surface area (TPSA) is 62.2 Å². The van der Waals surface area contributed by atoms with Crippen molar-refractivity contribution in [1.82, 2.24) is 0 Å². The predicted octanol–water partition coefficient (Wildman–Crippen LogP) is -0.160. The van der Waals surface area contributed by atoms with E-state index in [-0.39, 0.29) is 19.1 Å². The Kier molecular flexibility index (Phi) is 2.84. The van der Waals surface area contributed by atoms with E-state index in [1.54, 1.807) is 0 Å². The predicted molar refractivity (Wildman–Crippen MR) is 37.8 cm³/mol. The summed E-state index contributed by atoms with van der Waals surface area (Å²) in [5.41, 5.74) is 0. The average Bonchev–Trinajstić information content (AvgIpc) is 2.65. The molecule has 4 heteroatoms. The van der Waals surface area contributed by atoms with Gasteiger partial charge in [-0.05, 0) is 6.42 Å². The Morgan fingerprint density at radius 1 is 1.64 bits per heavy atom. The van der Waals surface area contributed by atoms with Gasteiger partial charge < -0.3 is 19.7 Å². The second-order valence-electron chi connectivity index (χ2n) is 2.76. The molecule has 11 heavy (non-hydrogen) atoms. The van der Waals surface area contributed by atoms with Crippen LogP contribution in [0.15, 0.2) is 0 Å². The second-order valence-corrected chi connectivity index (χ2v) is 2.76. The van der Waals surface area contributed by atoms with Gasteiger partial charge in [-0.15, -0.1) is 0 Å². The van der Waals surface area contributed by atoms with Gasteiger partial charge in [0.05, 0.1) is 13.2 Å². The van der Waals surface area contributed by atoms with Crippen LogP contribution in [0.4, 0.5) is 0 Å². The Hall–Kier alpha value is -0.160. The van der Waals surface area contributed by atoms with Gasteiger partial charge in [0.1, 0.15) is 6.10 Å². The molecule has 1 rings (SSSR count). The van der Waals surface area contributed by atoms with Crippen LogP contribution in [-0.4, -0.2) is 35.5 Å². The molecule has 1 unspecified atom stereocenters. The Bertz CT molecular complexity index is 120. The SMILES string of the molecule is CCCC(O)(O)OCC1CO1. The van der Waals surface area contributed by atoms with Gasteiger partial charge in [0.2, 0.25) is 0 Å². The fraction of sp³-hybridized carbons (Fsp3) is 1.00. The van der Waals surface area contributed by atoms with Crippen molar-refractivity contribution in [3.8, 4) is 0 Å². The van der Waals surface area contributed by atoms with E-state index in [4.69, 9.17) is 19.7 Å². The number of rotatable bonds is 5. The van der Waals surface area contributed by atoms with Gasteiger partial charge in [0, 0.05) is 6.42 Å². The zero-order valence-electron chi connectivity index (χ0n) is 6.62. The molecule has 1 atom stereocenters. The minimum absolute atomic E-state index is 0.0746. The molecule has 1 aliphatic rings. The number of aliphatic hydroxyl groups is 2. The molecule has 4 nitrogen and oxygen atoms in total. The molecule has 1 saturated heterocycles. The molecule has 0 amide bonds. The first-order valence-corrected chi connectivity index (χ1v) is 3.84. The summed E-state index contributed by atoms with van der Waals surface area (Å²) in [6.45, 7) is 2.80. The lowest BCUT2D eigenvalue weighted by Crippen LogP contribution is -2.33. The van der Waals surface area contributed by atoms with Crippen LogP contribution in [-0.2, 0) is 9.47 Å². The lowest BCUT2D eigenvalue weighted by atomic mass is 10.3. The van der Waals surface area contributed by atoms with Gasteiger partial charge in [0.25, 0.3) is 5.97 Å². The van der Waals surface area contributed by atoms with Gasteiger partial charge in [-0.2, -0.15) is 0 Å². The van der Waals surface area contributed by atoms with Gasteiger partial charge in [-0.3, -0.25) is 0 Å². The summed E-state index contributed by atoms with van der Waals surface area (Å²) in [6.07, 6.45) is 0.989. The quantitative estimate of drug-likeness (QED) is 0.435. The maximum Gasteiger partial charge on any atom is 0.277 e. The number of epoxide rings is 1. The average molecular weight is 162 g/mol. The van der Waals surface area contributed by atoms with E-state index in [9.17, 15) is 0 Å². The summed E-state index contributed by atoms with van der Waals surface area (Å²) in [5, 5.41) is 18.1. The van der Waals surface area contributed by atoms with Crippen molar-refractivity contribution >= 4 is 0 Å². The van der Waals surface area contributed by atoms with Crippen LogP contribution in [0, 0.1) is 0 Å². The third-order valence-corrected chi connectivity index (χ3v) is 1.48. The molecule has 1 aliphatic heterocycles. The van der Waals surface area contributed by atoms with E-state index in [0.29, 0.717) is 13.0 Å². The van der Waals surface area contributed by atoms with E-state index >= 15 is 0 Å².